The Labute approximate surface area is 175 Å². The number of nitrogens with zero attached hydrogens (tertiary/aromatic N) is 3. The van der Waals surface area contributed by atoms with E-state index >= 15 is 0 Å². The summed E-state index contributed by atoms with van der Waals surface area (Å²) in [6.07, 6.45) is 0. The molecule has 0 amide bonds. The summed E-state index contributed by atoms with van der Waals surface area (Å²) in [6.45, 7) is 0. The average Bonchev–Trinajstić information content (AvgIpc) is 2.73. The molecule has 0 bridgehead atoms. The van der Waals surface area contributed by atoms with Crippen LogP contribution in [-0.2, 0) is 9.37 Å². The predicted molar refractivity (Wildman–Crippen MR) is 110 cm³/mol. The SMILES string of the molecule is SOOOc1ccc(Nc2nc(Cl)nc(Oc3ccc4ccccc4c3)n2)cc1. The molecule has 1 aromatic heterocycles. The van der Waals surface area contributed by atoms with Gasteiger partial charge in [-0.2, -0.15) is 15.0 Å². The van der Waals surface area contributed by atoms with Gasteiger partial charge in [0.2, 0.25) is 11.2 Å². The maximum Gasteiger partial charge on any atom is 0.328 e. The van der Waals surface area contributed by atoms with Crippen LogP contribution in [0, 0.1) is 0 Å². The Morgan fingerprint density at radius 1 is 0.828 bits per heavy atom. The van der Waals surface area contributed by atoms with Gasteiger partial charge in [0, 0.05) is 18.6 Å². The summed E-state index contributed by atoms with van der Waals surface area (Å²) in [5.74, 6) is 1.23. The zero-order valence-corrected chi connectivity index (χ0v) is 16.3. The Morgan fingerprint density at radius 2 is 1.59 bits per heavy atom. The summed E-state index contributed by atoms with van der Waals surface area (Å²) in [6, 6.07) is 20.4. The second-order valence-electron chi connectivity index (χ2n) is 5.70. The number of nitrogens with one attached hydrogen (secondary N) is 1. The van der Waals surface area contributed by atoms with Gasteiger partial charge in [0.1, 0.15) is 5.75 Å². The van der Waals surface area contributed by atoms with E-state index in [9.17, 15) is 0 Å². The first-order chi connectivity index (χ1) is 14.2. The van der Waals surface area contributed by atoms with Crippen LogP contribution in [0.4, 0.5) is 11.6 Å². The first kappa shape index (κ1) is 19.2. The van der Waals surface area contributed by atoms with E-state index in [0.29, 0.717) is 17.2 Å². The molecule has 3 aromatic carbocycles. The number of benzene rings is 3. The van der Waals surface area contributed by atoms with Gasteiger partial charge < -0.3 is 14.9 Å². The molecule has 10 heteroatoms. The number of ether oxygens (including phenoxy) is 1. The summed E-state index contributed by atoms with van der Waals surface area (Å²) in [7, 11) is 0. The van der Waals surface area contributed by atoms with Crippen molar-refractivity contribution < 1.29 is 19.0 Å². The molecule has 0 unspecified atom stereocenters. The third kappa shape index (κ3) is 5.04. The predicted octanol–water partition coefficient (Wildman–Crippen LogP) is 5.30. The van der Waals surface area contributed by atoms with E-state index in [2.05, 4.69) is 42.6 Å². The van der Waals surface area contributed by atoms with E-state index in [1.54, 1.807) is 24.3 Å². The number of thiol groups is 1. The Morgan fingerprint density at radius 3 is 2.38 bits per heavy atom. The largest absolute Gasteiger partial charge is 0.424 e. The van der Waals surface area contributed by atoms with Crippen LogP contribution in [0.5, 0.6) is 17.5 Å². The number of halogens is 1. The Bertz CT molecular complexity index is 1130. The fourth-order valence-corrected chi connectivity index (χ4v) is 2.73. The van der Waals surface area contributed by atoms with E-state index in [1.165, 1.54) is 0 Å². The zero-order valence-electron chi connectivity index (χ0n) is 14.7. The third-order valence-electron chi connectivity index (χ3n) is 3.79. The van der Waals surface area contributed by atoms with Crippen LogP contribution in [0.1, 0.15) is 0 Å². The molecule has 0 saturated carbocycles. The topological polar surface area (TPSA) is 87.6 Å². The normalized spacial score (nSPS) is 10.7. The van der Waals surface area contributed by atoms with E-state index in [-0.39, 0.29) is 17.2 Å². The molecule has 29 heavy (non-hydrogen) atoms. The van der Waals surface area contributed by atoms with E-state index in [1.807, 2.05) is 42.5 Å². The lowest BCUT2D eigenvalue weighted by atomic mass is 10.1. The van der Waals surface area contributed by atoms with Gasteiger partial charge in [0.25, 0.3) is 0 Å². The van der Waals surface area contributed by atoms with Crippen molar-refractivity contribution >= 4 is 46.9 Å². The summed E-state index contributed by atoms with van der Waals surface area (Å²) in [5.41, 5.74) is 0.683. The van der Waals surface area contributed by atoms with Gasteiger partial charge in [-0.15, -0.1) is 4.33 Å². The van der Waals surface area contributed by atoms with Crippen molar-refractivity contribution in [2.75, 3.05) is 5.32 Å². The van der Waals surface area contributed by atoms with Crippen LogP contribution in [0.25, 0.3) is 10.8 Å². The Hall–Kier alpha value is -3.11. The maximum absolute atomic E-state index is 6.02. The molecule has 0 aliphatic heterocycles. The molecular formula is C19H13ClN4O4S. The fourth-order valence-electron chi connectivity index (χ4n) is 2.55. The van der Waals surface area contributed by atoms with E-state index in [4.69, 9.17) is 21.2 Å². The van der Waals surface area contributed by atoms with Crippen molar-refractivity contribution in [1.82, 2.24) is 15.0 Å². The zero-order chi connectivity index (χ0) is 20.1. The van der Waals surface area contributed by atoms with Gasteiger partial charge in [-0.3, -0.25) is 0 Å². The average molecular weight is 429 g/mol. The van der Waals surface area contributed by atoms with Crippen molar-refractivity contribution in [3.63, 3.8) is 0 Å². The number of aromatic nitrogens is 3. The molecule has 1 N–H and O–H groups in total. The van der Waals surface area contributed by atoms with Gasteiger partial charge >= 0.3 is 6.01 Å². The highest BCUT2D eigenvalue weighted by molar-refractivity contribution is 7.74. The van der Waals surface area contributed by atoms with Gasteiger partial charge in [-0.05, 0) is 63.8 Å². The van der Waals surface area contributed by atoms with Crippen LogP contribution in [0.2, 0.25) is 5.28 Å². The number of fused-ring (bicyclic) bond motifs is 1. The van der Waals surface area contributed by atoms with Gasteiger partial charge in [-0.25, -0.2) is 0 Å². The summed E-state index contributed by atoms with van der Waals surface area (Å²) in [4.78, 5) is 17.1. The maximum atomic E-state index is 6.02. The fraction of sp³-hybridized carbons (Fsp3) is 0. The van der Waals surface area contributed by atoms with Crippen LogP contribution in [0.15, 0.2) is 66.7 Å². The quantitative estimate of drug-likeness (QED) is 0.177. The number of rotatable bonds is 7. The molecular weight excluding hydrogens is 416 g/mol. The van der Waals surface area contributed by atoms with Crippen molar-refractivity contribution in [3.05, 3.63) is 72.0 Å². The smallest absolute Gasteiger partial charge is 0.328 e. The lowest BCUT2D eigenvalue weighted by Gasteiger charge is -2.09. The van der Waals surface area contributed by atoms with Gasteiger partial charge in [-0.1, -0.05) is 30.3 Å². The Balaban J connectivity index is 1.50. The molecule has 0 atom stereocenters. The second-order valence-corrected chi connectivity index (χ2v) is 6.18. The van der Waals surface area contributed by atoms with Crippen LogP contribution in [0.3, 0.4) is 0 Å². The second kappa shape index (κ2) is 8.93. The molecule has 1 heterocycles. The van der Waals surface area contributed by atoms with Gasteiger partial charge in [0.15, 0.2) is 5.75 Å². The molecule has 0 fully saturated rings. The van der Waals surface area contributed by atoms with Crippen molar-refractivity contribution in [1.29, 1.82) is 0 Å². The Kier molecular flexibility index (Phi) is 5.92. The monoisotopic (exact) mass is 428 g/mol. The molecule has 0 saturated heterocycles. The lowest BCUT2D eigenvalue weighted by Crippen LogP contribution is -2.02. The minimum Gasteiger partial charge on any atom is -0.424 e. The molecule has 0 spiro atoms. The number of anilines is 2. The van der Waals surface area contributed by atoms with E-state index in [0.717, 1.165) is 10.8 Å². The summed E-state index contributed by atoms with van der Waals surface area (Å²) >= 11 is 9.42. The standard InChI is InChI=1S/C19H13ClN4O4S/c20-17-22-18(21-14-6-9-15(10-7-14)26-27-28-29)24-19(23-17)25-16-8-5-12-3-1-2-4-13(12)11-16/h1-11,29H,(H,21,22,23,24). The first-order valence-corrected chi connectivity index (χ1v) is 9.04. The van der Waals surface area contributed by atoms with Crippen molar-refractivity contribution in [3.8, 4) is 17.5 Å². The molecule has 8 nitrogen and oxygen atoms in total. The lowest BCUT2D eigenvalue weighted by molar-refractivity contribution is -0.402. The van der Waals surface area contributed by atoms with Crippen LogP contribution >= 0.6 is 24.5 Å². The molecule has 4 aromatic rings. The highest BCUT2D eigenvalue weighted by atomic mass is 35.5. The minimum absolute atomic E-state index is 0.00225. The number of hydrogen-bond acceptors (Lipinski definition) is 9. The number of hydrogen-bond donors (Lipinski definition) is 2. The van der Waals surface area contributed by atoms with Crippen LogP contribution < -0.4 is 14.9 Å². The van der Waals surface area contributed by atoms with Crippen LogP contribution in [-0.4, -0.2) is 15.0 Å². The third-order valence-corrected chi connectivity index (χ3v) is 4.02. The van der Waals surface area contributed by atoms with Crippen molar-refractivity contribution in [2.45, 2.75) is 0 Å². The molecule has 146 valence electrons. The molecule has 0 radical (unpaired) electrons. The van der Waals surface area contributed by atoms with Crippen molar-refractivity contribution in [2.24, 2.45) is 0 Å². The molecule has 4 rings (SSSR count). The highest BCUT2D eigenvalue weighted by Crippen LogP contribution is 2.26. The van der Waals surface area contributed by atoms with Gasteiger partial charge in [0.05, 0.1) is 0 Å². The first-order valence-electron chi connectivity index (χ1n) is 8.30. The molecule has 0 aliphatic rings. The summed E-state index contributed by atoms with van der Waals surface area (Å²) in [5, 5.41) is 9.43. The summed E-state index contributed by atoms with van der Waals surface area (Å²) < 4.78 is 9.84. The molecule has 0 aliphatic carbocycles. The van der Waals surface area contributed by atoms with E-state index < -0.39 is 0 Å². The minimum atomic E-state index is -0.00225. The highest BCUT2D eigenvalue weighted by Gasteiger charge is 2.09.